The third-order valence-corrected chi connectivity index (χ3v) is 6.04. The van der Waals surface area contributed by atoms with Gasteiger partial charge in [0.05, 0.1) is 5.75 Å². The Bertz CT molecular complexity index is 1240. The largest absolute Gasteiger partial charge is 0.342 e. The molecule has 0 radical (unpaired) electrons. The van der Waals surface area contributed by atoms with E-state index in [0.717, 1.165) is 28.1 Å². The van der Waals surface area contributed by atoms with E-state index in [9.17, 15) is 18.1 Å². The second-order valence-corrected chi connectivity index (χ2v) is 9.53. The minimum Gasteiger partial charge on any atom is -0.342 e. The molecule has 2 aromatic carbocycles. The number of rotatable bonds is 3. The molecule has 1 aromatic heterocycles. The molecular weight excluding hydrogens is 389 g/mol. The summed E-state index contributed by atoms with van der Waals surface area (Å²) in [6.45, 7) is 0.621. The second-order valence-electron chi connectivity index (χ2n) is 7.39. The number of anilines is 2. The average Bonchev–Trinajstić information content (AvgIpc) is 2.89. The molecule has 1 aliphatic rings. The number of sulfone groups is 1. The zero-order valence-electron chi connectivity index (χ0n) is 16.2. The van der Waals surface area contributed by atoms with Crippen molar-refractivity contribution in [2.75, 3.05) is 17.7 Å². The molecule has 5 nitrogen and oxygen atoms in total. The van der Waals surface area contributed by atoms with Gasteiger partial charge in [-0.2, -0.15) is 5.26 Å². The molecule has 29 heavy (non-hydrogen) atoms. The molecule has 3 aromatic rings. The first kappa shape index (κ1) is 19.2. The van der Waals surface area contributed by atoms with Crippen LogP contribution in [0.15, 0.2) is 48.7 Å². The van der Waals surface area contributed by atoms with Gasteiger partial charge in [0, 0.05) is 48.5 Å². The van der Waals surface area contributed by atoms with E-state index in [1.54, 1.807) is 12.1 Å². The first-order valence-corrected chi connectivity index (χ1v) is 11.3. The van der Waals surface area contributed by atoms with Crippen molar-refractivity contribution < 1.29 is 12.8 Å². The third kappa shape index (κ3) is 3.64. The Morgan fingerprint density at radius 3 is 2.52 bits per heavy atom. The molecule has 0 saturated carbocycles. The Hall–Kier alpha value is -3.11. The maximum absolute atomic E-state index is 13.4. The Morgan fingerprint density at radius 2 is 1.86 bits per heavy atom. The molecule has 7 heteroatoms. The van der Waals surface area contributed by atoms with Crippen LogP contribution < -0.4 is 4.90 Å². The highest BCUT2D eigenvalue weighted by Crippen LogP contribution is 2.42. The summed E-state index contributed by atoms with van der Waals surface area (Å²) in [7, 11) is -1.34. The van der Waals surface area contributed by atoms with Gasteiger partial charge in [-0.25, -0.2) is 12.8 Å². The molecule has 0 unspecified atom stereocenters. The quantitative estimate of drug-likeness (QED) is 0.657. The van der Waals surface area contributed by atoms with Crippen molar-refractivity contribution >= 4 is 21.2 Å². The van der Waals surface area contributed by atoms with E-state index in [4.69, 9.17) is 0 Å². The fourth-order valence-electron chi connectivity index (χ4n) is 3.97. The molecule has 0 spiro atoms. The number of nitriles is 1. The van der Waals surface area contributed by atoms with Crippen LogP contribution in [0.5, 0.6) is 0 Å². The molecule has 0 amide bonds. The minimum absolute atomic E-state index is 0.0515. The first-order chi connectivity index (χ1) is 13.8. The summed E-state index contributed by atoms with van der Waals surface area (Å²) >= 11 is 0. The van der Waals surface area contributed by atoms with Gasteiger partial charge >= 0.3 is 0 Å². The average molecular weight is 409 g/mol. The monoisotopic (exact) mass is 409 g/mol. The summed E-state index contributed by atoms with van der Waals surface area (Å²) < 4.78 is 38.9. The maximum atomic E-state index is 13.4. The number of halogens is 1. The molecule has 0 fully saturated rings. The zero-order valence-corrected chi connectivity index (χ0v) is 17.0. The summed E-state index contributed by atoms with van der Waals surface area (Å²) in [5.74, 6) is -0.354. The van der Waals surface area contributed by atoms with Crippen LogP contribution >= 0.6 is 0 Å². The highest BCUT2D eigenvalue weighted by molar-refractivity contribution is 7.89. The van der Waals surface area contributed by atoms with E-state index < -0.39 is 9.84 Å². The van der Waals surface area contributed by atoms with Crippen LogP contribution in [-0.2, 0) is 29.1 Å². The molecule has 148 valence electrons. The predicted molar refractivity (Wildman–Crippen MR) is 111 cm³/mol. The van der Waals surface area contributed by atoms with E-state index in [0.29, 0.717) is 24.2 Å². The van der Waals surface area contributed by atoms with Crippen LogP contribution in [-0.4, -0.2) is 25.8 Å². The lowest BCUT2D eigenvalue weighted by Gasteiger charge is -2.25. The van der Waals surface area contributed by atoms with E-state index in [1.165, 1.54) is 18.4 Å². The number of fused-ring (bicyclic) bond motifs is 3. The van der Waals surface area contributed by atoms with E-state index in [1.807, 2.05) is 36.0 Å². The van der Waals surface area contributed by atoms with Gasteiger partial charge in [0.2, 0.25) is 0 Å². The molecule has 0 N–H and O–H groups in total. The number of aryl methyl sites for hydroxylation is 1. The van der Waals surface area contributed by atoms with Gasteiger partial charge in [-0.1, -0.05) is 6.07 Å². The highest BCUT2D eigenvalue weighted by Gasteiger charge is 2.25. The second kappa shape index (κ2) is 7.05. The number of hydrogen-bond donors (Lipinski definition) is 0. The Labute approximate surface area is 169 Å². The number of aromatic nitrogens is 1. The van der Waals surface area contributed by atoms with Gasteiger partial charge in [-0.15, -0.1) is 0 Å². The van der Waals surface area contributed by atoms with Crippen LogP contribution in [0.25, 0.3) is 11.1 Å². The summed E-state index contributed by atoms with van der Waals surface area (Å²) in [6.07, 6.45) is 3.78. The van der Waals surface area contributed by atoms with Crippen molar-refractivity contribution in [3.63, 3.8) is 0 Å². The Morgan fingerprint density at radius 1 is 1.14 bits per heavy atom. The number of hydrogen-bond acceptors (Lipinski definition) is 4. The third-order valence-electron chi connectivity index (χ3n) is 5.19. The lowest BCUT2D eigenvalue weighted by atomic mass is 9.99. The van der Waals surface area contributed by atoms with Crippen molar-refractivity contribution in [3.05, 3.63) is 71.3 Å². The molecule has 1 aliphatic heterocycles. The van der Waals surface area contributed by atoms with Crippen molar-refractivity contribution in [3.8, 4) is 17.2 Å². The normalized spacial score (nSPS) is 13.4. The molecule has 4 rings (SSSR count). The molecule has 0 saturated heterocycles. The van der Waals surface area contributed by atoms with Crippen molar-refractivity contribution in [2.24, 2.45) is 7.05 Å². The van der Waals surface area contributed by atoms with Crippen molar-refractivity contribution in [1.82, 2.24) is 4.57 Å². The topological polar surface area (TPSA) is 66.1 Å². The van der Waals surface area contributed by atoms with Crippen molar-refractivity contribution in [2.45, 2.75) is 12.2 Å². The lowest BCUT2D eigenvalue weighted by Crippen LogP contribution is -2.19. The lowest BCUT2D eigenvalue weighted by molar-refractivity contribution is 0.601. The van der Waals surface area contributed by atoms with E-state index >= 15 is 0 Å². The molecule has 0 atom stereocenters. The van der Waals surface area contributed by atoms with Crippen LogP contribution in [0.4, 0.5) is 15.8 Å². The van der Waals surface area contributed by atoms with Gasteiger partial charge in [0.15, 0.2) is 9.84 Å². The summed E-state index contributed by atoms with van der Waals surface area (Å²) in [5.41, 5.74) is 5.79. The van der Waals surface area contributed by atoms with E-state index in [-0.39, 0.29) is 11.6 Å². The SMILES string of the molecule is Cn1cc2c(c1C#N)CCN(c1ccc(F)cc1)c1ccc(CS(C)(=O)=O)cc1-2. The van der Waals surface area contributed by atoms with Crippen LogP contribution in [0.1, 0.15) is 16.8 Å². The van der Waals surface area contributed by atoms with Crippen LogP contribution in [0.3, 0.4) is 0 Å². The summed E-state index contributed by atoms with van der Waals surface area (Å²) in [6, 6.07) is 14.2. The fourth-order valence-corrected chi connectivity index (χ4v) is 4.75. The van der Waals surface area contributed by atoms with E-state index in [2.05, 4.69) is 11.0 Å². The molecule has 2 heterocycles. The zero-order chi connectivity index (χ0) is 20.8. The summed E-state index contributed by atoms with van der Waals surface area (Å²) in [4.78, 5) is 2.08. The molecular formula is C22H20FN3O2S. The predicted octanol–water partition coefficient (Wildman–Crippen LogP) is 3.94. The van der Waals surface area contributed by atoms with Crippen molar-refractivity contribution in [1.29, 1.82) is 5.26 Å². The van der Waals surface area contributed by atoms with Crippen LogP contribution in [0, 0.1) is 17.1 Å². The standard InChI is InChI=1S/C22H20FN3O2S/c1-25-13-20-18(22(25)12-24)9-10-26(17-6-4-16(23)5-7-17)21-8-3-15(11-19(20)21)14-29(2,27)28/h3-8,11,13H,9-10,14H2,1-2H3. The Kier molecular flexibility index (Phi) is 4.67. The first-order valence-electron chi connectivity index (χ1n) is 9.19. The fraction of sp³-hybridized carbons (Fsp3) is 0.227. The van der Waals surface area contributed by atoms with Gasteiger partial charge in [-0.05, 0) is 53.9 Å². The van der Waals surface area contributed by atoms with Gasteiger partial charge in [0.1, 0.15) is 17.6 Å². The smallest absolute Gasteiger partial charge is 0.151 e. The maximum Gasteiger partial charge on any atom is 0.151 e. The molecule has 0 bridgehead atoms. The number of nitrogens with zero attached hydrogens (tertiary/aromatic N) is 3. The summed E-state index contributed by atoms with van der Waals surface area (Å²) in [5, 5.41) is 9.62. The van der Waals surface area contributed by atoms with Gasteiger partial charge in [-0.3, -0.25) is 0 Å². The molecule has 0 aliphatic carbocycles. The minimum atomic E-state index is -3.18. The van der Waals surface area contributed by atoms with Gasteiger partial charge < -0.3 is 9.47 Å². The Balaban J connectivity index is 1.93. The van der Waals surface area contributed by atoms with Crippen LogP contribution in [0.2, 0.25) is 0 Å². The van der Waals surface area contributed by atoms with Gasteiger partial charge in [0.25, 0.3) is 0 Å². The highest BCUT2D eigenvalue weighted by atomic mass is 32.2. The number of benzene rings is 2.